The number of fused-ring (bicyclic) bond motifs is 3. The van der Waals surface area contributed by atoms with E-state index in [9.17, 15) is 9.36 Å². The number of rotatable bonds is 7. The minimum absolute atomic E-state index is 0.0428. The maximum Gasteiger partial charge on any atom is 0.330 e. The van der Waals surface area contributed by atoms with Crippen molar-refractivity contribution in [2.24, 2.45) is 11.3 Å². The maximum atomic E-state index is 12.2. The molecule has 3 aliphatic carbocycles. The van der Waals surface area contributed by atoms with Crippen molar-refractivity contribution in [3.05, 3.63) is 0 Å². The van der Waals surface area contributed by atoms with Crippen molar-refractivity contribution in [3.8, 4) is 0 Å². The van der Waals surface area contributed by atoms with Crippen LogP contribution in [0.4, 0.5) is 0 Å². The van der Waals surface area contributed by atoms with Crippen molar-refractivity contribution in [1.82, 2.24) is 0 Å². The van der Waals surface area contributed by atoms with Gasteiger partial charge in [0.25, 0.3) is 0 Å². The smallest absolute Gasteiger partial charge is 0.312 e. The van der Waals surface area contributed by atoms with E-state index >= 15 is 0 Å². The van der Waals surface area contributed by atoms with E-state index in [0.717, 1.165) is 38.5 Å². The van der Waals surface area contributed by atoms with Gasteiger partial charge in [-0.3, -0.25) is 9.36 Å². The van der Waals surface area contributed by atoms with Crippen molar-refractivity contribution in [2.45, 2.75) is 51.4 Å². The van der Waals surface area contributed by atoms with Gasteiger partial charge in [0.15, 0.2) is 0 Å². The summed E-state index contributed by atoms with van der Waals surface area (Å²) in [6, 6.07) is 0. The highest BCUT2D eigenvalue weighted by molar-refractivity contribution is 7.53. The lowest BCUT2D eigenvalue weighted by Crippen LogP contribution is -2.42. The minimum Gasteiger partial charge on any atom is -0.312 e. The van der Waals surface area contributed by atoms with E-state index in [2.05, 4.69) is 0 Å². The van der Waals surface area contributed by atoms with Gasteiger partial charge < -0.3 is 9.05 Å². The third-order valence-corrected chi connectivity index (χ3v) is 7.00. The molecule has 3 rings (SSSR count). The number of hydrogen-bond acceptors (Lipinski definition) is 4. The highest BCUT2D eigenvalue weighted by Crippen LogP contribution is 2.51. The molecule has 19 heavy (non-hydrogen) atoms. The molecule has 0 atom stereocenters. The van der Waals surface area contributed by atoms with Gasteiger partial charge in [-0.15, -0.1) is 0 Å². The van der Waals surface area contributed by atoms with Crippen LogP contribution < -0.4 is 0 Å². The van der Waals surface area contributed by atoms with Gasteiger partial charge in [-0.25, -0.2) is 0 Å². The average Bonchev–Trinajstić information content (AvgIpc) is 2.45. The highest BCUT2D eigenvalue weighted by Gasteiger charge is 2.46. The van der Waals surface area contributed by atoms with Crippen LogP contribution in [0.15, 0.2) is 0 Å². The largest absolute Gasteiger partial charge is 0.330 e. The Hall–Kier alpha value is -0.180. The Morgan fingerprint density at radius 2 is 1.84 bits per heavy atom. The van der Waals surface area contributed by atoms with Crippen LogP contribution in [0, 0.1) is 11.3 Å². The van der Waals surface area contributed by atoms with Crippen molar-refractivity contribution >= 4 is 13.4 Å². The summed E-state index contributed by atoms with van der Waals surface area (Å²) >= 11 is 0. The van der Waals surface area contributed by atoms with E-state index in [0.29, 0.717) is 17.9 Å². The zero-order valence-corrected chi connectivity index (χ0v) is 12.9. The maximum absolute atomic E-state index is 12.2. The standard InChI is InChI=1S/C14H25O4P/c1-17-19(16,18-2)10-4-3-7-14-8-5-12(6-9-14)11-13(14)15/h12H,3-11H2,1-2H3. The molecule has 0 aromatic carbocycles. The molecule has 110 valence electrons. The van der Waals surface area contributed by atoms with Gasteiger partial charge in [0, 0.05) is 26.1 Å². The molecule has 0 unspecified atom stereocenters. The first-order chi connectivity index (χ1) is 9.03. The number of Topliss-reactive ketones (excluding diaryl/α,β-unsaturated/α-hetero) is 1. The fourth-order valence-electron chi connectivity index (χ4n) is 3.61. The van der Waals surface area contributed by atoms with Crippen LogP contribution in [-0.4, -0.2) is 26.2 Å². The van der Waals surface area contributed by atoms with Crippen molar-refractivity contribution in [3.63, 3.8) is 0 Å². The molecule has 3 saturated carbocycles. The van der Waals surface area contributed by atoms with E-state index in [4.69, 9.17) is 9.05 Å². The van der Waals surface area contributed by atoms with E-state index in [-0.39, 0.29) is 5.41 Å². The summed E-state index contributed by atoms with van der Waals surface area (Å²) in [4.78, 5) is 12.2. The van der Waals surface area contributed by atoms with Gasteiger partial charge >= 0.3 is 7.60 Å². The predicted octanol–water partition coefficient (Wildman–Crippen LogP) is 3.79. The Labute approximate surface area is 115 Å². The number of hydrogen-bond donors (Lipinski definition) is 0. The summed E-state index contributed by atoms with van der Waals surface area (Å²) in [7, 11) is -0.0208. The van der Waals surface area contributed by atoms with Crippen LogP contribution in [0.25, 0.3) is 0 Å². The first-order valence-electron chi connectivity index (χ1n) is 7.27. The van der Waals surface area contributed by atoms with Gasteiger partial charge in [0.05, 0.1) is 6.16 Å². The quantitative estimate of drug-likeness (QED) is 0.528. The number of unbranched alkanes of at least 4 members (excludes halogenated alkanes) is 1. The molecular weight excluding hydrogens is 263 g/mol. The molecule has 0 saturated heterocycles. The molecule has 0 aromatic heterocycles. The Kier molecular flexibility index (Phi) is 4.86. The normalized spacial score (nSPS) is 30.8. The second-order valence-electron chi connectivity index (χ2n) is 6.01. The number of ketones is 1. The molecule has 0 amide bonds. The lowest BCUT2D eigenvalue weighted by atomic mass is 9.58. The molecule has 2 bridgehead atoms. The Morgan fingerprint density at radius 1 is 1.21 bits per heavy atom. The van der Waals surface area contributed by atoms with Crippen LogP contribution in [-0.2, 0) is 18.4 Å². The predicted molar refractivity (Wildman–Crippen MR) is 74.4 cm³/mol. The van der Waals surface area contributed by atoms with E-state index < -0.39 is 7.60 Å². The monoisotopic (exact) mass is 288 g/mol. The van der Waals surface area contributed by atoms with Crippen LogP contribution in [0.1, 0.15) is 51.4 Å². The topological polar surface area (TPSA) is 52.6 Å². The van der Waals surface area contributed by atoms with Crippen LogP contribution in [0.3, 0.4) is 0 Å². The molecule has 0 aromatic rings. The fraction of sp³-hybridized carbons (Fsp3) is 0.929. The first-order valence-corrected chi connectivity index (χ1v) is 9.00. The molecule has 5 heteroatoms. The Bertz CT molecular complexity index is 364. The fourth-order valence-corrected chi connectivity index (χ4v) is 4.73. The average molecular weight is 288 g/mol. The zero-order valence-electron chi connectivity index (χ0n) is 12.0. The molecule has 0 spiro atoms. The van der Waals surface area contributed by atoms with Crippen molar-refractivity contribution < 1.29 is 18.4 Å². The van der Waals surface area contributed by atoms with Crippen molar-refractivity contribution in [1.29, 1.82) is 0 Å². The van der Waals surface area contributed by atoms with Gasteiger partial charge in [0.1, 0.15) is 5.78 Å². The lowest BCUT2D eigenvalue weighted by Gasteiger charge is -2.45. The molecular formula is C14H25O4P. The number of carbonyl (C=O) groups excluding carboxylic acids is 1. The van der Waals surface area contributed by atoms with Gasteiger partial charge in [-0.1, -0.05) is 6.42 Å². The molecule has 0 aliphatic heterocycles. The SMILES string of the molecule is COP(=O)(CCCCC12CCC(CC1)CC2=O)OC. The summed E-state index contributed by atoms with van der Waals surface area (Å²) in [5, 5.41) is 0. The highest BCUT2D eigenvalue weighted by atomic mass is 31.2. The third kappa shape index (κ3) is 3.29. The third-order valence-electron chi connectivity index (χ3n) is 5.02. The van der Waals surface area contributed by atoms with E-state index in [1.807, 2.05) is 0 Å². The summed E-state index contributed by atoms with van der Waals surface area (Å²) in [5.41, 5.74) is -0.0428. The van der Waals surface area contributed by atoms with E-state index in [1.165, 1.54) is 27.1 Å². The van der Waals surface area contributed by atoms with Gasteiger partial charge in [-0.05, 0) is 44.4 Å². The van der Waals surface area contributed by atoms with Gasteiger partial charge in [0.2, 0.25) is 0 Å². The van der Waals surface area contributed by atoms with Crippen LogP contribution in [0.2, 0.25) is 0 Å². The Balaban J connectivity index is 1.79. The van der Waals surface area contributed by atoms with Crippen LogP contribution >= 0.6 is 7.60 Å². The first kappa shape index (κ1) is 15.2. The zero-order chi connectivity index (χ0) is 13.9. The molecule has 0 radical (unpaired) electrons. The van der Waals surface area contributed by atoms with Crippen LogP contribution in [0.5, 0.6) is 0 Å². The lowest BCUT2D eigenvalue weighted by molar-refractivity contribution is -0.138. The van der Waals surface area contributed by atoms with Gasteiger partial charge in [-0.2, -0.15) is 0 Å². The molecule has 3 aliphatic rings. The minimum atomic E-state index is -2.87. The van der Waals surface area contributed by atoms with E-state index in [1.54, 1.807) is 0 Å². The molecule has 0 heterocycles. The second-order valence-corrected chi connectivity index (χ2v) is 8.41. The summed E-state index contributed by atoms with van der Waals surface area (Å²) in [6.45, 7) is 0. The molecule has 0 N–H and O–H groups in total. The Morgan fingerprint density at radius 3 is 2.37 bits per heavy atom. The number of carbonyl (C=O) groups is 1. The van der Waals surface area contributed by atoms with Crippen molar-refractivity contribution in [2.75, 3.05) is 20.4 Å². The summed E-state index contributed by atoms with van der Waals surface area (Å²) in [6.07, 6.45) is 8.53. The summed E-state index contributed by atoms with van der Waals surface area (Å²) < 4.78 is 21.8. The second kappa shape index (κ2) is 6.07. The molecule has 4 nitrogen and oxygen atoms in total. The summed E-state index contributed by atoms with van der Waals surface area (Å²) in [5.74, 6) is 1.15. The molecule has 3 fully saturated rings.